The van der Waals surface area contributed by atoms with Crippen molar-refractivity contribution in [2.45, 2.75) is 258 Å². The second-order valence-corrected chi connectivity index (χ2v) is 19.2. The highest BCUT2D eigenvalue weighted by molar-refractivity contribution is 7.47. The summed E-state index contributed by atoms with van der Waals surface area (Å²) in [6.45, 7) is 4.86. The van der Waals surface area contributed by atoms with E-state index in [2.05, 4.69) is 62.5 Å². The molecule has 370 valence electrons. The monoisotopic (exact) mass is 908 g/mol. The summed E-state index contributed by atoms with van der Waals surface area (Å²) in [4.78, 5) is 22.6. The fraction of sp³-hybridized carbons (Fsp3) is 0.833. The molecule has 0 spiro atoms. The molecule has 0 aromatic heterocycles. The molecule has 0 radical (unpaired) electrons. The maximum absolute atomic E-state index is 12.7. The summed E-state index contributed by atoms with van der Waals surface area (Å²) < 4.78 is 33.6. The SMILES string of the molecule is CC/C=C\C/C=C\C/C=C\C/C=C\CCCCCCCCCCCCCCC(=O)OC(COCCCCCCCCCCCCCCCCCCCCC)COP(=O)(O)OCCN. The summed E-state index contributed by atoms with van der Waals surface area (Å²) >= 11 is 0. The lowest BCUT2D eigenvalue weighted by molar-refractivity contribution is -0.154. The molecular weight excluding hydrogens is 806 g/mol. The number of unbranched alkanes of at least 4 members (excludes halogenated alkanes) is 30. The van der Waals surface area contributed by atoms with Gasteiger partial charge in [-0.3, -0.25) is 13.8 Å². The van der Waals surface area contributed by atoms with Crippen molar-refractivity contribution in [3.05, 3.63) is 48.6 Å². The van der Waals surface area contributed by atoms with Crippen molar-refractivity contribution < 1.29 is 32.8 Å². The third-order valence-electron chi connectivity index (χ3n) is 11.5. The molecule has 8 nitrogen and oxygen atoms in total. The molecule has 0 bridgehead atoms. The molecule has 0 aromatic rings. The smallest absolute Gasteiger partial charge is 0.457 e. The molecule has 0 amide bonds. The minimum Gasteiger partial charge on any atom is -0.457 e. The van der Waals surface area contributed by atoms with E-state index in [9.17, 15) is 14.3 Å². The Balaban J connectivity index is 3.90. The Bertz CT molecular complexity index is 1110. The van der Waals surface area contributed by atoms with Crippen molar-refractivity contribution >= 4 is 13.8 Å². The van der Waals surface area contributed by atoms with E-state index in [1.165, 1.54) is 173 Å². The second kappa shape index (κ2) is 51.4. The average Bonchev–Trinajstić information content (AvgIpc) is 3.28. The number of nitrogens with two attached hydrogens (primary N) is 1. The van der Waals surface area contributed by atoms with E-state index in [0.717, 1.165) is 57.8 Å². The molecule has 0 fully saturated rings. The number of phosphoric ester groups is 1. The first-order chi connectivity index (χ1) is 30.9. The Kier molecular flexibility index (Phi) is 50.2. The molecule has 0 aliphatic carbocycles. The van der Waals surface area contributed by atoms with E-state index in [0.29, 0.717) is 13.0 Å². The zero-order valence-corrected chi connectivity index (χ0v) is 42.2. The Morgan fingerprint density at radius 3 is 1.33 bits per heavy atom. The molecule has 9 heteroatoms. The molecule has 0 aliphatic heterocycles. The topological polar surface area (TPSA) is 117 Å². The molecule has 0 heterocycles. The molecule has 0 saturated carbocycles. The van der Waals surface area contributed by atoms with Gasteiger partial charge in [0.05, 0.1) is 19.8 Å². The van der Waals surface area contributed by atoms with Gasteiger partial charge in [-0.15, -0.1) is 0 Å². The van der Waals surface area contributed by atoms with Crippen LogP contribution in [0.1, 0.15) is 251 Å². The predicted molar refractivity (Wildman–Crippen MR) is 270 cm³/mol. The molecule has 3 N–H and O–H groups in total. The Morgan fingerprint density at radius 1 is 0.492 bits per heavy atom. The van der Waals surface area contributed by atoms with Crippen LogP contribution in [0.2, 0.25) is 0 Å². The largest absolute Gasteiger partial charge is 0.472 e. The van der Waals surface area contributed by atoms with Gasteiger partial charge in [-0.05, 0) is 51.4 Å². The lowest BCUT2D eigenvalue weighted by Crippen LogP contribution is -2.28. The molecular formula is C54H102NO7P. The molecule has 0 rings (SSSR count). The van der Waals surface area contributed by atoms with Crippen LogP contribution in [0.15, 0.2) is 48.6 Å². The van der Waals surface area contributed by atoms with Crippen LogP contribution in [-0.4, -0.2) is 49.9 Å². The van der Waals surface area contributed by atoms with E-state index >= 15 is 0 Å². The lowest BCUT2D eigenvalue weighted by atomic mass is 10.0. The minimum absolute atomic E-state index is 0.0949. The van der Waals surface area contributed by atoms with Gasteiger partial charge in [0.25, 0.3) is 0 Å². The van der Waals surface area contributed by atoms with Crippen LogP contribution in [0, 0.1) is 0 Å². The van der Waals surface area contributed by atoms with Crippen LogP contribution in [0.5, 0.6) is 0 Å². The van der Waals surface area contributed by atoms with Crippen LogP contribution in [-0.2, 0) is 27.9 Å². The number of esters is 1. The summed E-state index contributed by atoms with van der Waals surface area (Å²) in [7, 11) is -4.28. The summed E-state index contributed by atoms with van der Waals surface area (Å²) in [6, 6.07) is 0. The van der Waals surface area contributed by atoms with Crippen LogP contribution in [0.4, 0.5) is 0 Å². The zero-order valence-electron chi connectivity index (χ0n) is 41.3. The third kappa shape index (κ3) is 51.3. The maximum atomic E-state index is 12.7. The first kappa shape index (κ1) is 61.5. The molecule has 2 unspecified atom stereocenters. The molecule has 2 atom stereocenters. The van der Waals surface area contributed by atoms with E-state index < -0.39 is 13.9 Å². The van der Waals surface area contributed by atoms with Gasteiger partial charge in [-0.1, -0.05) is 242 Å². The fourth-order valence-electron chi connectivity index (χ4n) is 7.64. The van der Waals surface area contributed by atoms with E-state index in [1.54, 1.807) is 0 Å². The highest BCUT2D eigenvalue weighted by atomic mass is 31.2. The first-order valence-corrected chi connectivity index (χ1v) is 28.1. The lowest BCUT2D eigenvalue weighted by Gasteiger charge is -2.20. The standard InChI is InChI=1S/C54H102NO7P/c1-3-5-7-9-11-13-15-17-19-21-23-24-25-26-27-28-29-31-33-35-37-39-41-43-45-47-54(56)62-53(52-61-63(57,58)60-50-48-55)51-59-49-46-44-42-40-38-36-34-32-30-22-20-18-16-14-12-10-8-6-4-2/h5,7,11,13,17,19,23-24,53H,3-4,6,8-10,12,14-16,18,20-22,25-52,55H2,1-2H3,(H,57,58)/b7-5-,13-11-,19-17-,24-23-. The van der Waals surface area contributed by atoms with Gasteiger partial charge in [0.15, 0.2) is 0 Å². The summed E-state index contributed by atoms with van der Waals surface area (Å²) in [5.74, 6) is -0.329. The Morgan fingerprint density at radius 2 is 0.889 bits per heavy atom. The molecule has 0 aliphatic rings. The van der Waals surface area contributed by atoms with Crippen LogP contribution in [0.3, 0.4) is 0 Å². The predicted octanol–water partition coefficient (Wildman–Crippen LogP) is 16.7. The molecule has 0 aromatic carbocycles. The molecule has 0 saturated heterocycles. The van der Waals surface area contributed by atoms with Crippen molar-refractivity contribution in [3.63, 3.8) is 0 Å². The number of carbonyl (C=O) groups is 1. The molecule has 63 heavy (non-hydrogen) atoms. The van der Waals surface area contributed by atoms with Gasteiger partial charge >= 0.3 is 13.8 Å². The van der Waals surface area contributed by atoms with Gasteiger partial charge in [0.2, 0.25) is 0 Å². The highest BCUT2D eigenvalue weighted by Gasteiger charge is 2.25. The first-order valence-electron chi connectivity index (χ1n) is 26.6. The van der Waals surface area contributed by atoms with Crippen molar-refractivity contribution in [3.8, 4) is 0 Å². The number of allylic oxidation sites excluding steroid dienone is 8. The van der Waals surface area contributed by atoms with E-state index in [1.807, 2.05) is 0 Å². The maximum Gasteiger partial charge on any atom is 0.472 e. The fourth-order valence-corrected chi connectivity index (χ4v) is 8.40. The quantitative estimate of drug-likeness (QED) is 0.0268. The van der Waals surface area contributed by atoms with Crippen LogP contribution < -0.4 is 5.73 Å². The number of hydrogen-bond acceptors (Lipinski definition) is 7. The summed E-state index contributed by atoms with van der Waals surface area (Å²) in [5, 5.41) is 0. The van der Waals surface area contributed by atoms with Gasteiger partial charge < -0.3 is 20.1 Å². The van der Waals surface area contributed by atoms with Gasteiger partial charge in [0.1, 0.15) is 6.10 Å². The van der Waals surface area contributed by atoms with Crippen molar-refractivity contribution in [2.75, 3.05) is 33.0 Å². The van der Waals surface area contributed by atoms with Crippen molar-refractivity contribution in [1.82, 2.24) is 0 Å². The Labute approximate surface area is 390 Å². The number of hydrogen-bond donors (Lipinski definition) is 2. The summed E-state index contributed by atoms with van der Waals surface area (Å²) in [6.07, 6.45) is 62.9. The average molecular weight is 908 g/mol. The van der Waals surface area contributed by atoms with Crippen LogP contribution in [0.25, 0.3) is 0 Å². The summed E-state index contributed by atoms with van der Waals surface area (Å²) in [5.41, 5.74) is 5.39. The van der Waals surface area contributed by atoms with Crippen molar-refractivity contribution in [1.29, 1.82) is 0 Å². The van der Waals surface area contributed by atoms with Gasteiger partial charge in [0, 0.05) is 19.6 Å². The number of carbonyl (C=O) groups excluding carboxylic acids is 1. The normalized spacial score (nSPS) is 13.7. The second-order valence-electron chi connectivity index (χ2n) is 17.7. The van der Waals surface area contributed by atoms with Gasteiger partial charge in [-0.25, -0.2) is 4.57 Å². The zero-order chi connectivity index (χ0) is 45.8. The van der Waals surface area contributed by atoms with Gasteiger partial charge in [-0.2, -0.15) is 0 Å². The highest BCUT2D eigenvalue weighted by Crippen LogP contribution is 2.43. The number of phosphoric acid groups is 1. The third-order valence-corrected chi connectivity index (χ3v) is 12.5. The van der Waals surface area contributed by atoms with Crippen LogP contribution >= 0.6 is 7.82 Å². The Hall–Kier alpha value is -1.54. The number of ether oxygens (including phenoxy) is 2. The van der Waals surface area contributed by atoms with E-state index in [-0.39, 0.29) is 32.3 Å². The van der Waals surface area contributed by atoms with Crippen molar-refractivity contribution in [2.24, 2.45) is 5.73 Å². The van der Waals surface area contributed by atoms with E-state index in [4.69, 9.17) is 24.3 Å². The number of rotatable bonds is 51. The minimum atomic E-state index is -4.28.